The van der Waals surface area contributed by atoms with Crippen molar-refractivity contribution in [2.45, 2.75) is 0 Å². The number of nitrogens with zero attached hydrogens (tertiary/aromatic N) is 1. The van der Waals surface area contributed by atoms with Crippen molar-refractivity contribution in [2.75, 3.05) is 4.90 Å². The predicted octanol–water partition coefficient (Wildman–Crippen LogP) is 16.0. The Kier molecular flexibility index (Phi) is 8.19. The zero-order valence-corrected chi connectivity index (χ0v) is 31.7. The average Bonchev–Trinajstić information content (AvgIpc) is 3.70. The van der Waals surface area contributed by atoms with E-state index in [0.717, 1.165) is 50.1 Å². The van der Waals surface area contributed by atoms with Gasteiger partial charge in [0.25, 0.3) is 0 Å². The van der Waals surface area contributed by atoms with Gasteiger partial charge in [-0.3, -0.25) is 0 Å². The van der Waals surface area contributed by atoms with Crippen LogP contribution in [0.25, 0.3) is 88.0 Å². The zero-order valence-electron chi connectivity index (χ0n) is 31.7. The van der Waals surface area contributed by atoms with E-state index in [1.807, 2.05) is 6.07 Å². The van der Waals surface area contributed by atoms with Gasteiger partial charge in [-0.2, -0.15) is 0 Å². The number of para-hydroxylation sites is 2. The molecule has 2 heteroatoms. The Labute approximate surface area is 337 Å². The van der Waals surface area contributed by atoms with E-state index in [-0.39, 0.29) is 0 Å². The first-order chi connectivity index (χ1) is 28.8. The van der Waals surface area contributed by atoms with Crippen LogP contribution in [-0.2, 0) is 0 Å². The minimum atomic E-state index is 0.890. The normalized spacial score (nSPS) is 11.4. The summed E-state index contributed by atoms with van der Waals surface area (Å²) in [6.07, 6.45) is 0. The summed E-state index contributed by atoms with van der Waals surface area (Å²) in [6.45, 7) is 0. The van der Waals surface area contributed by atoms with Crippen molar-refractivity contribution >= 4 is 60.5 Å². The Bertz CT molecular complexity index is 3250. The molecule has 0 spiro atoms. The minimum Gasteiger partial charge on any atom is -0.455 e. The number of fused-ring (bicyclic) bond motifs is 6. The van der Waals surface area contributed by atoms with Crippen molar-refractivity contribution in [3.05, 3.63) is 224 Å². The highest BCUT2D eigenvalue weighted by molar-refractivity contribution is 6.23. The van der Waals surface area contributed by atoms with E-state index >= 15 is 0 Å². The molecule has 1 heterocycles. The largest absolute Gasteiger partial charge is 0.455 e. The third-order valence-electron chi connectivity index (χ3n) is 11.5. The Morgan fingerprint density at radius 1 is 0.310 bits per heavy atom. The lowest BCUT2D eigenvalue weighted by Gasteiger charge is -2.28. The second-order valence-corrected chi connectivity index (χ2v) is 14.9. The van der Waals surface area contributed by atoms with Gasteiger partial charge in [-0.25, -0.2) is 0 Å². The van der Waals surface area contributed by atoms with Crippen LogP contribution in [0, 0.1) is 0 Å². The molecule has 0 saturated carbocycles. The molecule has 0 aliphatic rings. The van der Waals surface area contributed by atoms with Gasteiger partial charge in [-0.15, -0.1) is 0 Å². The van der Waals surface area contributed by atoms with E-state index in [1.54, 1.807) is 0 Å². The van der Waals surface area contributed by atoms with Crippen molar-refractivity contribution in [3.8, 4) is 44.5 Å². The fourth-order valence-corrected chi connectivity index (χ4v) is 8.65. The smallest absolute Gasteiger partial charge is 0.143 e. The lowest BCUT2D eigenvalue weighted by molar-refractivity contribution is 0.670. The van der Waals surface area contributed by atoms with Crippen LogP contribution in [-0.4, -0.2) is 0 Å². The van der Waals surface area contributed by atoms with Crippen molar-refractivity contribution < 1.29 is 4.42 Å². The standard InChI is InChI=1S/C56H37NO/c1-2-13-38(14-3-1)40-29-33-45(34-30-40)57(46-35-31-41(32-36-46)39-25-27-43(28-26-39)48-22-12-17-42-15-4-6-18-47(42)48)53-23-10-8-20-50(53)52-37-44-16-5-7-19-49(44)55-51-21-9-11-24-54(51)58-56(52)55/h1-37H. The molecule has 1 aromatic heterocycles. The number of anilines is 3. The molecule has 272 valence electrons. The van der Waals surface area contributed by atoms with E-state index in [9.17, 15) is 0 Å². The van der Waals surface area contributed by atoms with Gasteiger partial charge in [-0.05, 0) is 97.4 Å². The first-order valence-electron chi connectivity index (χ1n) is 19.8. The minimum absolute atomic E-state index is 0.890. The Morgan fingerprint density at radius 2 is 0.810 bits per heavy atom. The van der Waals surface area contributed by atoms with Gasteiger partial charge >= 0.3 is 0 Å². The van der Waals surface area contributed by atoms with Gasteiger partial charge in [-0.1, -0.05) is 182 Å². The van der Waals surface area contributed by atoms with Crippen molar-refractivity contribution in [2.24, 2.45) is 0 Å². The second-order valence-electron chi connectivity index (χ2n) is 14.9. The van der Waals surface area contributed by atoms with E-state index in [1.165, 1.54) is 54.9 Å². The third kappa shape index (κ3) is 5.82. The first kappa shape index (κ1) is 33.6. The summed E-state index contributed by atoms with van der Waals surface area (Å²) in [7, 11) is 0. The molecule has 0 saturated heterocycles. The molecular weight excluding hydrogens is 703 g/mol. The summed E-state index contributed by atoms with van der Waals surface area (Å²) < 4.78 is 6.76. The number of furan rings is 1. The van der Waals surface area contributed by atoms with Crippen LogP contribution < -0.4 is 4.90 Å². The van der Waals surface area contributed by atoms with Gasteiger partial charge in [0.15, 0.2) is 0 Å². The van der Waals surface area contributed by atoms with Crippen LogP contribution in [0.5, 0.6) is 0 Å². The molecule has 10 aromatic carbocycles. The molecule has 0 amide bonds. The Hall–Kier alpha value is -7.68. The van der Waals surface area contributed by atoms with Gasteiger partial charge in [0, 0.05) is 33.3 Å². The van der Waals surface area contributed by atoms with Crippen LogP contribution in [0.2, 0.25) is 0 Å². The van der Waals surface area contributed by atoms with Crippen LogP contribution in [0.1, 0.15) is 0 Å². The number of hydrogen-bond acceptors (Lipinski definition) is 2. The Balaban J connectivity index is 1.04. The maximum atomic E-state index is 6.76. The molecule has 11 rings (SSSR count). The van der Waals surface area contributed by atoms with Gasteiger partial charge < -0.3 is 9.32 Å². The zero-order chi connectivity index (χ0) is 38.4. The predicted molar refractivity (Wildman–Crippen MR) is 245 cm³/mol. The summed E-state index contributed by atoms with van der Waals surface area (Å²) in [4.78, 5) is 2.38. The van der Waals surface area contributed by atoms with Crippen LogP contribution in [0.15, 0.2) is 229 Å². The Morgan fingerprint density at radius 3 is 1.53 bits per heavy atom. The molecule has 0 aliphatic heterocycles. The van der Waals surface area contributed by atoms with E-state index < -0.39 is 0 Å². The van der Waals surface area contributed by atoms with E-state index in [2.05, 4.69) is 223 Å². The van der Waals surface area contributed by atoms with E-state index in [4.69, 9.17) is 4.42 Å². The molecule has 0 fully saturated rings. The molecule has 11 aromatic rings. The summed E-state index contributed by atoms with van der Waals surface area (Å²) in [5, 5.41) is 7.17. The third-order valence-corrected chi connectivity index (χ3v) is 11.5. The highest BCUT2D eigenvalue weighted by Crippen LogP contribution is 2.47. The quantitative estimate of drug-likeness (QED) is 0.162. The topological polar surface area (TPSA) is 16.4 Å². The van der Waals surface area contributed by atoms with Crippen molar-refractivity contribution in [1.82, 2.24) is 0 Å². The molecule has 0 bridgehead atoms. The fourth-order valence-electron chi connectivity index (χ4n) is 8.65. The summed E-state index contributed by atoms with van der Waals surface area (Å²) in [5.74, 6) is 0. The number of benzene rings is 10. The molecular formula is C56H37NO. The first-order valence-corrected chi connectivity index (χ1v) is 19.8. The van der Waals surface area contributed by atoms with Crippen LogP contribution in [0.3, 0.4) is 0 Å². The highest BCUT2D eigenvalue weighted by atomic mass is 16.3. The number of rotatable bonds is 7. The fraction of sp³-hybridized carbons (Fsp3) is 0. The van der Waals surface area contributed by atoms with Crippen molar-refractivity contribution in [3.63, 3.8) is 0 Å². The summed E-state index contributed by atoms with van der Waals surface area (Å²) in [6, 6.07) is 80.5. The molecule has 0 N–H and O–H groups in total. The molecule has 58 heavy (non-hydrogen) atoms. The molecule has 0 atom stereocenters. The van der Waals surface area contributed by atoms with Gasteiger partial charge in [0.2, 0.25) is 0 Å². The van der Waals surface area contributed by atoms with E-state index in [0.29, 0.717) is 0 Å². The maximum Gasteiger partial charge on any atom is 0.143 e. The average molecular weight is 740 g/mol. The second kappa shape index (κ2) is 14.1. The van der Waals surface area contributed by atoms with Gasteiger partial charge in [0.1, 0.15) is 11.2 Å². The summed E-state index contributed by atoms with van der Waals surface area (Å²) >= 11 is 0. The highest BCUT2D eigenvalue weighted by Gasteiger charge is 2.22. The molecule has 0 radical (unpaired) electrons. The maximum absolute atomic E-state index is 6.76. The lowest BCUT2D eigenvalue weighted by atomic mass is 9.94. The monoisotopic (exact) mass is 739 g/mol. The molecule has 0 unspecified atom stereocenters. The van der Waals surface area contributed by atoms with Crippen LogP contribution >= 0.6 is 0 Å². The molecule has 0 aliphatic carbocycles. The summed E-state index contributed by atoms with van der Waals surface area (Å²) in [5.41, 5.74) is 14.3. The number of hydrogen-bond donors (Lipinski definition) is 0. The van der Waals surface area contributed by atoms with Gasteiger partial charge in [0.05, 0.1) is 5.69 Å². The van der Waals surface area contributed by atoms with Crippen LogP contribution in [0.4, 0.5) is 17.1 Å². The SMILES string of the molecule is c1ccc(-c2ccc(N(c3ccc(-c4ccc(-c5cccc6ccccc56)cc4)cc3)c3ccccc3-c3cc4ccccc4c4c3oc3ccccc34)cc2)cc1. The molecule has 2 nitrogen and oxygen atoms in total. The van der Waals surface area contributed by atoms with Crippen molar-refractivity contribution in [1.29, 1.82) is 0 Å². The lowest BCUT2D eigenvalue weighted by Crippen LogP contribution is -2.11.